The Morgan fingerprint density at radius 1 is 0.958 bits per heavy atom. The number of nitrogens with zero attached hydrogens (tertiary/aromatic N) is 1. The first kappa shape index (κ1) is 17.5. The third kappa shape index (κ3) is 4.35. The zero-order valence-electron chi connectivity index (χ0n) is 14.5. The predicted molar refractivity (Wildman–Crippen MR) is 97.2 cm³/mol. The van der Waals surface area contributed by atoms with Gasteiger partial charge in [-0.25, -0.2) is 0 Å². The molecule has 0 unspecified atom stereocenters. The van der Waals surface area contributed by atoms with Crippen LogP contribution in [0.1, 0.15) is 16.7 Å². The molecule has 0 aromatic heterocycles. The Hall–Kier alpha value is -2.82. The lowest BCUT2D eigenvalue weighted by Gasteiger charge is -2.18. The van der Waals surface area contributed by atoms with Crippen LogP contribution in [0.2, 0.25) is 0 Å². The molecule has 0 spiro atoms. The molecule has 2 aromatic rings. The molecule has 126 valence electrons. The highest BCUT2D eigenvalue weighted by Gasteiger charge is 2.16. The monoisotopic (exact) mass is 325 g/mol. The van der Waals surface area contributed by atoms with Gasteiger partial charge in [-0.1, -0.05) is 30.3 Å². The van der Waals surface area contributed by atoms with E-state index in [1.165, 1.54) is 0 Å². The number of rotatable bonds is 4. The molecular formula is C19H23N3O2. The average molecular weight is 325 g/mol. The molecule has 2 N–H and O–H groups in total. The molecule has 0 saturated heterocycles. The Morgan fingerprint density at radius 3 is 2.08 bits per heavy atom. The van der Waals surface area contributed by atoms with E-state index in [1.807, 2.05) is 75.3 Å². The van der Waals surface area contributed by atoms with Crippen molar-refractivity contribution in [2.75, 3.05) is 24.3 Å². The highest BCUT2D eigenvalue weighted by atomic mass is 16.2. The Balaban J connectivity index is 2.02. The summed E-state index contributed by atoms with van der Waals surface area (Å²) in [4.78, 5) is 26.1. The molecule has 0 radical (unpaired) electrons. The fourth-order valence-corrected chi connectivity index (χ4v) is 2.42. The number of hydrogen-bond donors (Lipinski definition) is 2. The van der Waals surface area contributed by atoms with Gasteiger partial charge in [0.15, 0.2) is 0 Å². The number of nitrogens with one attached hydrogen (secondary N) is 2. The van der Waals surface area contributed by atoms with Gasteiger partial charge < -0.3 is 15.5 Å². The summed E-state index contributed by atoms with van der Waals surface area (Å²) in [6.45, 7) is 4.15. The fraction of sp³-hybridized carbons (Fsp3) is 0.263. The summed E-state index contributed by atoms with van der Waals surface area (Å²) in [6, 6.07) is 13.4. The van der Waals surface area contributed by atoms with Gasteiger partial charge in [0.1, 0.15) is 0 Å². The maximum absolute atomic E-state index is 12.1. The summed E-state index contributed by atoms with van der Waals surface area (Å²) in [5.41, 5.74) is 4.52. The minimum Gasteiger partial charge on any atom is -0.378 e. The van der Waals surface area contributed by atoms with E-state index in [4.69, 9.17) is 0 Å². The van der Waals surface area contributed by atoms with Crippen molar-refractivity contribution in [3.8, 4) is 0 Å². The quantitative estimate of drug-likeness (QED) is 0.850. The van der Waals surface area contributed by atoms with Crippen molar-refractivity contribution >= 4 is 23.2 Å². The van der Waals surface area contributed by atoms with E-state index < -0.39 is 11.8 Å². The van der Waals surface area contributed by atoms with Crippen LogP contribution in [-0.2, 0) is 16.1 Å². The van der Waals surface area contributed by atoms with Gasteiger partial charge in [-0.05, 0) is 42.7 Å². The molecule has 0 heterocycles. The SMILES string of the molecule is Cc1cc(N(C)C)cc(C)c1NC(=O)C(=O)NCc1ccccc1. The number of benzene rings is 2. The Labute approximate surface area is 142 Å². The summed E-state index contributed by atoms with van der Waals surface area (Å²) >= 11 is 0. The molecule has 0 atom stereocenters. The maximum Gasteiger partial charge on any atom is 0.313 e. The Morgan fingerprint density at radius 2 is 1.54 bits per heavy atom. The topological polar surface area (TPSA) is 61.4 Å². The van der Waals surface area contributed by atoms with Gasteiger partial charge in [0.05, 0.1) is 0 Å². The number of carbonyl (C=O) groups is 2. The standard InChI is InChI=1S/C19H23N3O2/c1-13-10-16(22(3)4)11-14(2)17(13)21-19(24)18(23)20-12-15-8-6-5-7-9-15/h5-11H,12H2,1-4H3,(H,20,23)(H,21,24). The molecule has 0 saturated carbocycles. The molecule has 2 rings (SSSR count). The molecule has 2 aromatic carbocycles. The van der Waals surface area contributed by atoms with Crippen LogP contribution in [0.15, 0.2) is 42.5 Å². The molecule has 5 nitrogen and oxygen atoms in total. The van der Waals surface area contributed by atoms with Gasteiger partial charge in [-0.15, -0.1) is 0 Å². The second kappa shape index (κ2) is 7.64. The van der Waals surface area contributed by atoms with E-state index in [-0.39, 0.29) is 0 Å². The summed E-state index contributed by atoms with van der Waals surface area (Å²) < 4.78 is 0. The van der Waals surface area contributed by atoms with Crippen LogP contribution < -0.4 is 15.5 Å². The van der Waals surface area contributed by atoms with Crippen molar-refractivity contribution in [3.63, 3.8) is 0 Å². The zero-order valence-corrected chi connectivity index (χ0v) is 14.5. The molecule has 5 heteroatoms. The second-order valence-electron chi connectivity index (χ2n) is 5.97. The number of carbonyl (C=O) groups excluding carboxylic acids is 2. The molecule has 24 heavy (non-hydrogen) atoms. The molecule has 0 aliphatic heterocycles. The zero-order chi connectivity index (χ0) is 17.7. The number of amides is 2. The van der Waals surface area contributed by atoms with E-state index in [1.54, 1.807) is 0 Å². The minimum atomic E-state index is -0.658. The van der Waals surface area contributed by atoms with Gasteiger partial charge in [0, 0.05) is 32.0 Å². The third-order valence-electron chi connectivity index (χ3n) is 3.77. The van der Waals surface area contributed by atoms with Crippen molar-refractivity contribution < 1.29 is 9.59 Å². The molecule has 0 aliphatic carbocycles. The van der Waals surface area contributed by atoms with Crippen LogP contribution >= 0.6 is 0 Å². The lowest BCUT2D eigenvalue weighted by Crippen LogP contribution is -2.35. The van der Waals surface area contributed by atoms with Crippen LogP contribution in [0, 0.1) is 13.8 Å². The van der Waals surface area contributed by atoms with Gasteiger partial charge >= 0.3 is 11.8 Å². The van der Waals surface area contributed by atoms with Crippen LogP contribution in [0.5, 0.6) is 0 Å². The van der Waals surface area contributed by atoms with Crippen LogP contribution in [0.4, 0.5) is 11.4 Å². The first-order chi connectivity index (χ1) is 11.4. The van der Waals surface area contributed by atoms with E-state index >= 15 is 0 Å². The van der Waals surface area contributed by atoms with E-state index in [0.29, 0.717) is 12.2 Å². The summed E-state index contributed by atoms with van der Waals surface area (Å²) in [7, 11) is 3.92. The maximum atomic E-state index is 12.1. The fourth-order valence-electron chi connectivity index (χ4n) is 2.42. The Bertz CT molecular complexity index is 717. The van der Waals surface area contributed by atoms with E-state index in [0.717, 1.165) is 22.4 Å². The molecule has 0 fully saturated rings. The van der Waals surface area contributed by atoms with Crippen LogP contribution in [-0.4, -0.2) is 25.9 Å². The average Bonchev–Trinajstić information content (AvgIpc) is 2.56. The largest absolute Gasteiger partial charge is 0.378 e. The van der Waals surface area contributed by atoms with Crippen molar-refractivity contribution in [2.45, 2.75) is 20.4 Å². The molecular weight excluding hydrogens is 302 g/mol. The number of hydrogen-bond acceptors (Lipinski definition) is 3. The highest BCUT2D eigenvalue weighted by Crippen LogP contribution is 2.26. The predicted octanol–water partition coefficient (Wildman–Crippen LogP) is 2.62. The van der Waals surface area contributed by atoms with Gasteiger partial charge in [0.25, 0.3) is 0 Å². The highest BCUT2D eigenvalue weighted by molar-refractivity contribution is 6.39. The number of aryl methyl sites for hydroxylation is 2. The molecule has 0 aliphatic rings. The van der Waals surface area contributed by atoms with Crippen molar-refractivity contribution in [1.82, 2.24) is 5.32 Å². The normalized spacial score (nSPS) is 10.2. The van der Waals surface area contributed by atoms with Gasteiger partial charge in [-0.2, -0.15) is 0 Å². The smallest absolute Gasteiger partial charge is 0.313 e. The van der Waals surface area contributed by atoms with Crippen molar-refractivity contribution in [3.05, 3.63) is 59.2 Å². The summed E-state index contributed by atoms with van der Waals surface area (Å²) in [6.07, 6.45) is 0. The first-order valence-electron chi connectivity index (χ1n) is 7.80. The minimum absolute atomic E-state index is 0.324. The molecule has 0 bridgehead atoms. The summed E-state index contributed by atoms with van der Waals surface area (Å²) in [5.74, 6) is -1.30. The lowest BCUT2D eigenvalue weighted by atomic mass is 10.1. The van der Waals surface area contributed by atoms with Crippen LogP contribution in [0.25, 0.3) is 0 Å². The van der Waals surface area contributed by atoms with Gasteiger partial charge in [0.2, 0.25) is 0 Å². The number of anilines is 2. The Kier molecular flexibility index (Phi) is 5.58. The summed E-state index contributed by atoms with van der Waals surface area (Å²) in [5, 5.41) is 5.34. The molecule has 2 amide bonds. The van der Waals surface area contributed by atoms with E-state index in [2.05, 4.69) is 10.6 Å². The van der Waals surface area contributed by atoms with Crippen molar-refractivity contribution in [2.24, 2.45) is 0 Å². The first-order valence-corrected chi connectivity index (χ1v) is 7.80. The van der Waals surface area contributed by atoms with E-state index in [9.17, 15) is 9.59 Å². The second-order valence-corrected chi connectivity index (χ2v) is 5.97. The van der Waals surface area contributed by atoms with Crippen LogP contribution in [0.3, 0.4) is 0 Å². The van der Waals surface area contributed by atoms with Gasteiger partial charge in [-0.3, -0.25) is 9.59 Å². The lowest BCUT2D eigenvalue weighted by molar-refractivity contribution is -0.136. The third-order valence-corrected chi connectivity index (χ3v) is 3.77. The van der Waals surface area contributed by atoms with Crippen molar-refractivity contribution in [1.29, 1.82) is 0 Å².